The van der Waals surface area contributed by atoms with Crippen LogP contribution in [0.25, 0.3) is 0 Å². The molecule has 78 valence electrons. The normalized spacial score (nSPS) is 11.7. The van der Waals surface area contributed by atoms with Crippen molar-refractivity contribution >= 4 is 31.3 Å². The van der Waals surface area contributed by atoms with Crippen molar-refractivity contribution in [2.45, 2.75) is 12.7 Å². The van der Waals surface area contributed by atoms with E-state index in [4.69, 9.17) is 22.3 Å². The van der Waals surface area contributed by atoms with Crippen molar-refractivity contribution < 1.29 is 12.8 Å². The van der Waals surface area contributed by atoms with Crippen LogP contribution < -0.4 is 0 Å². The lowest BCUT2D eigenvalue weighted by Crippen LogP contribution is -1.97. The summed E-state index contributed by atoms with van der Waals surface area (Å²) >= 11 is 5.67. The lowest BCUT2D eigenvalue weighted by Gasteiger charge is -2.03. The van der Waals surface area contributed by atoms with Gasteiger partial charge in [-0.15, -0.1) is 0 Å². The van der Waals surface area contributed by atoms with E-state index in [1.807, 2.05) is 0 Å². The SMILES string of the molecule is Cc1c(F)cc(CS(=O)(=O)Cl)cc1Cl. The van der Waals surface area contributed by atoms with E-state index in [1.54, 1.807) is 0 Å². The van der Waals surface area contributed by atoms with Crippen molar-refractivity contribution in [3.05, 3.63) is 34.1 Å². The van der Waals surface area contributed by atoms with Gasteiger partial charge >= 0.3 is 0 Å². The highest BCUT2D eigenvalue weighted by Crippen LogP contribution is 2.22. The van der Waals surface area contributed by atoms with Crippen molar-refractivity contribution in [2.75, 3.05) is 0 Å². The molecule has 0 N–H and O–H groups in total. The van der Waals surface area contributed by atoms with Gasteiger partial charge in [-0.25, -0.2) is 12.8 Å². The molecular weight excluding hydrogens is 250 g/mol. The third kappa shape index (κ3) is 3.12. The first-order valence-corrected chi connectivity index (χ1v) is 6.52. The summed E-state index contributed by atoms with van der Waals surface area (Å²) in [6, 6.07) is 2.50. The summed E-state index contributed by atoms with van der Waals surface area (Å²) < 4.78 is 34.5. The van der Waals surface area contributed by atoms with Crippen LogP contribution in [0.2, 0.25) is 5.02 Å². The molecule has 0 heterocycles. The Bertz CT molecular complexity index is 433. The second-order valence-electron chi connectivity index (χ2n) is 2.87. The zero-order chi connectivity index (χ0) is 10.9. The van der Waals surface area contributed by atoms with Crippen LogP contribution in [-0.2, 0) is 14.8 Å². The van der Waals surface area contributed by atoms with Crippen molar-refractivity contribution in [3.63, 3.8) is 0 Å². The third-order valence-electron chi connectivity index (χ3n) is 1.68. The molecule has 0 aliphatic carbocycles. The number of hydrogen-bond donors (Lipinski definition) is 0. The van der Waals surface area contributed by atoms with Gasteiger partial charge in [0.05, 0.1) is 5.75 Å². The minimum absolute atomic E-state index is 0.195. The van der Waals surface area contributed by atoms with Gasteiger partial charge in [0, 0.05) is 21.3 Å². The standard InChI is InChI=1S/C8H7Cl2FO2S/c1-5-7(9)2-6(3-8(5)11)4-14(10,12)13/h2-3H,4H2,1H3. The molecule has 0 amide bonds. The molecule has 0 unspecified atom stereocenters. The first-order valence-electron chi connectivity index (χ1n) is 3.66. The second kappa shape index (κ2) is 4.04. The highest BCUT2D eigenvalue weighted by Gasteiger charge is 2.11. The van der Waals surface area contributed by atoms with Gasteiger partial charge in [-0.05, 0) is 24.6 Å². The Labute approximate surface area is 91.1 Å². The maximum Gasteiger partial charge on any atom is 0.236 e. The third-order valence-corrected chi connectivity index (χ3v) is 3.08. The van der Waals surface area contributed by atoms with E-state index in [0.29, 0.717) is 5.56 Å². The lowest BCUT2D eigenvalue weighted by molar-refractivity contribution is 0.607. The molecule has 0 bridgehead atoms. The van der Waals surface area contributed by atoms with Gasteiger partial charge in [0.25, 0.3) is 0 Å². The summed E-state index contributed by atoms with van der Waals surface area (Å²) in [5.41, 5.74) is 0.537. The molecule has 0 atom stereocenters. The van der Waals surface area contributed by atoms with Crippen molar-refractivity contribution in [1.29, 1.82) is 0 Å². The Kier molecular flexibility index (Phi) is 3.40. The summed E-state index contributed by atoms with van der Waals surface area (Å²) in [4.78, 5) is 0. The number of rotatable bonds is 2. The van der Waals surface area contributed by atoms with E-state index < -0.39 is 20.6 Å². The lowest BCUT2D eigenvalue weighted by atomic mass is 10.1. The van der Waals surface area contributed by atoms with Gasteiger partial charge in [-0.3, -0.25) is 0 Å². The van der Waals surface area contributed by atoms with Crippen molar-refractivity contribution in [1.82, 2.24) is 0 Å². The Morgan fingerprint density at radius 1 is 1.43 bits per heavy atom. The predicted molar refractivity (Wildman–Crippen MR) is 54.6 cm³/mol. The van der Waals surface area contributed by atoms with Crippen LogP contribution in [0.4, 0.5) is 4.39 Å². The fourth-order valence-corrected chi connectivity index (χ4v) is 2.15. The highest BCUT2D eigenvalue weighted by atomic mass is 35.7. The molecule has 1 aromatic rings. The molecular formula is C8H7Cl2FO2S. The largest absolute Gasteiger partial charge is 0.236 e. The van der Waals surface area contributed by atoms with Gasteiger partial charge < -0.3 is 0 Å². The molecule has 0 saturated carbocycles. The maximum absolute atomic E-state index is 13.1. The highest BCUT2D eigenvalue weighted by molar-refractivity contribution is 8.13. The van der Waals surface area contributed by atoms with Crippen LogP contribution in [-0.4, -0.2) is 8.42 Å². The molecule has 0 aromatic heterocycles. The van der Waals surface area contributed by atoms with Crippen LogP contribution >= 0.6 is 22.3 Å². The van der Waals surface area contributed by atoms with Gasteiger partial charge in [-0.1, -0.05) is 11.6 Å². The molecule has 0 aliphatic rings. The number of benzene rings is 1. The first kappa shape index (κ1) is 11.8. The monoisotopic (exact) mass is 256 g/mol. The summed E-state index contributed by atoms with van der Waals surface area (Å²) in [7, 11) is 1.34. The van der Waals surface area contributed by atoms with Crippen LogP contribution in [0, 0.1) is 12.7 Å². The molecule has 2 nitrogen and oxygen atoms in total. The molecule has 0 aliphatic heterocycles. The summed E-state index contributed by atoms with van der Waals surface area (Å²) in [6.45, 7) is 1.51. The van der Waals surface area contributed by atoms with E-state index in [1.165, 1.54) is 13.0 Å². The summed E-state index contributed by atoms with van der Waals surface area (Å²) in [5.74, 6) is -0.960. The van der Waals surface area contributed by atoms with Crippen molar-refractivity contribution in [2.24, 2.45) is 0 Å². The van der Waals surface area contributed by atoms with E-state index in [-0.39, 0.29) is 10.6 Å². The van der Waals surface area contributed by atoms with Crippen LogP contribution in [0.5, 0.6) is 0 Å². The Balaban J connectivity index is 3.14. The summed E-state index contributed by atoms with van der Waals surface area (Å²) in [6.07, 6.45) is 0. The molecule has 1 aromatic carbocycles. The average Bonchev–Trinajstić information content (AvgIpc) is 1.96. The molecule has 0 spiro atoms. The predicted octanol–water partition coefficient (Wildman–Crippen LogP) is 2.86. The van der Waals surface area contributed by atoms with Gasteiger partial charge in [0.1, 0.15) is 5.82 Å². The molecule has 6 heteroatoms. The molecule has 0 radical (unpaired) electrons. The smallest absolute Gasteiger partial charge is 0.212 e. The van der Waals surface area contributed by atoms with Crippen molar-refractivity contribution in [3.8, 4) is 0 Å². The number of hydrogen-bond acceptors (Lipinski definition) is 2. The van der Waals surface area contributed by atoms with Crippen LogP contribution in [0.3, 0.4) is 0 Å². The average molecular weight is 257 g/mol. The maximum atomic E-state index is 13.1. The van der Waals surface area contributed by atoms with E-state index in [2.05, 4.69) is 0 Å². The zero-order valence-corrected chi connectivity index (χ0v) is 9.55. The Morgan fingerprint density at radius 2 is 2.00 bits per heavy atom. The fourth-order valence-electron chi connectivity index (χ4n) is 0.980. The van der Waals surface area contributed by atoms with E-state index in [9.17, 15) is 12.8 Å². The van der Waals surface area contributed by atoms with Gasteiger partial charge in [0.15, 0.2) is 0 Å². The van der Waals surface area contributed by atoms with Crippen LogP contribution in [0.1, 0.15) is 11.1 Å². The summed E-state index contributed by atoms with van der Waals surface area (Å²) in [5, 5.41) is 0.195. The minimum atomic E-state index is -3.68. The molecule has 0 fully saturated rings. The van der Waals surface area contributed by atoms with E-state index >= 15 is 0 Å². The fraction of sp³-hybridized carbons (Fsp3) is 0.250. The second-order valence-corrected chi connectivity index (χ2v) is 6.05. The molecule has 14 heavy (non-hydrogen) atoms. The molecule has 0 saturated heterocycles. The first-order chi connectivity index (χ1) is 6.29. The van der Waals surface area contributed by atoms with Gasteiger partial charge in [-0.2, -0.15) is 0 Å². The number of halogens is 3. The van der Waals surface area contributed by atoms with Crippen LogP contribution in [0.15, 0.2) is 12.1 Å². The minimum Gasteiger partial charge on any atom is -0.212 e. The molecule has 1 rings (SSSR count). The topological polar surface area (TPSA) is 34.1 Å². The van der Waals surface area contributed by atoms with E-state index in [0.717, 1.165) is 6.07 Å². The van der Waals surface area contributed by atoms with Gasteiger partial charge in [0.2, 0.25) is 9.05 Å². The Morgan fingerprint density at radius 3 is 2.43 bits per heavy atom. The quantitative estimate of drug-likeness (QED) is 0.763. The zero-order valence-electron chi connectivity index (χ0n) is 7.22. The Hall–Kier alpha value is -0.320.